The first-order valence-electron chi connectivity index (χ1n) is 7.30. The second-order valence-corrected chi connectivity index (χ2v) is 5.78. The van der Waals surface area contributed by atoms with Gasteiger partial charge in [-0.05, 0) is 36.4 Å². The second-order valence-electron chi connectivity index (χ2n) is 5.35. The molecule has 0 spiro atoms. The smallest absolute Gasteiger partial charge is 0.319 e. The van der Waals surface area contributed by atoms with Crippen LogP contribution in [0.15, 0.2) is 54.6 Å². The minimum Gasteiger partial charge on any atom is -0.333 e. The van der Waals surface area contributed by atoms with Crippen LogP contribution in [0.5, 0.6) is 0 Å². The lowest BCUT2D eigenvalue weighted by atomic mass is 10.2. The monoisotopic (exact) mass is 329 g/mol. The van der Waals surface area contributed by atoms with Crippen LogP contribution in [0, 0.1) is 0 Å². The minimum atomic E-state index is -0.313. The zero-order valence-electron chi connectivity index (χ0n) is 12.3. The molecule has 1 atom stereocenters. The van der Waals surface area contributed by atoms with Gasteiger partial charge in [-0.2, -0.15) is 0 Å². The summed E-state index contributed by atoms with van der Waals surface area (Å²) in [6.45, 7) is 0.447. The number of benzene rings is 2. The first-order chi connectivity index (χ1) is 11.1. The summed E-state index contributed by atoms with van der Waals surface area (Å²) in [6.07, 6.45) is 0.283. The summed E-state index contributed by atoms with van der Waals surface area (Å²) in [6, 6.07) is 15.7. The van der Waals surface area contributed by atoms with Crippen LogP contribution >= 0.6 is 11.6 Å². The Morgan fingerprint density at radius 2 is 1.78 bits per heavy atom. The van der Waals surface area contributed by atoms with Crippen molar-refractivity contribution < 1.29 is 9.59 Å². The summed E-state index contributed by atoms with van der Waals surface area (Å²) < 4.78 is 0. The highest BCUT2D eigenvalue weighted by Gasteiger charge is 2.31. The van der Waals surface area contributed by atoms with Crippen LogP contribution in [-0.4, -0.2) is 24.5 Å². The van der Waals surface area contributed by atoms with E-state index in [4.69, 9.17) is 11.6 Å². The van der Waals surface area contributed by atoms with E-state index in [9.17, 15) is 9.59 Å². The summed E-state index contributed by atoms with van der Waals surface area (Å²) in [4.78, 5) is 25.8. The van der Waals surface area contributed by atoms with Gasteiger partial charge in [0.05, 0.1) is 6.04 Å². The Kier molecular flexibility index (Phi) is 4.48. The van der Waals surface area contributed by atoms with Crippen molar-refractivity contribution in [2.45, 2.75) is 12.5 Å². The summed E-state index contributed by atoms with van der Waals surface area (Å²) in [5, 5.41) is 6.20. The third-order valence-electron chi connectivity index (χ3n) is 3.63. The van der Waals surface area contributed by atoms with Gasteiger partial charge in [0.25, 0.3) is 0 Å². The van der Waals surface area contributed by atoms with Gasteiger partial charge in [-0.15, -0.1) is 0 Å². The molecule has 1 fully saturated rings. The van der Waals surface area contributed by atoms with Crippen molar-refractivity contribution in [1.82, 2.24) is 5.32 Å². The van der Waals surface area contributed by atoms with Gasteiger partial charge in [0.2, 0.25) is 5.91 Å². The normalized spacial score (nSPS) is 17.2. The molecule has 2 aromatic rings. The highest BCUT2D eigenvalue weighted by molar-refractivity contribution is 6.30. The van der Waals surface area contributed by atoms with Crippen LogP contribution in [-0.2, 0) is 4.79 Å². The molecule has 1 unspecified atom stereocenters. The fourth-order valence-electron chi connectivity index (χ4n) is 2.55. The minimum absolute atomic E-state index is 0.0164. The van der Waals surface area contributed by atoms with E-state index in [-0.39, 0.29) is 24.4 Å². The van der Waals surface area contributed by atoms with Crippen molar-refractivity contribution in [3.63, 3.8) is 0 Å². The molecule has 6 heteroatoms. The van der Waals surface area contributed by atoms with E-state index in [1.54, 1.807) is 41.3 Å². The quantitative estimate of drug-likeness (QED) is 0.908. The number of anilines is 2. The molecule has 3 amide bonds. The van der Waals surface area contributed by atoms with Crippen LogP contribution in [0.4, 0.5) is 16.2 Å². The molecule has 1 heterocycles. The lowest BCUT2D eigenvalue weighted by molar-refractivity contribution is -0.117. The van der Waals surface area contributed by atoms with Crippen LogP contribution in [0.2, 0.25) is 5.02 Å². The number of amides is 3. The van der Waals surface area contributed by atoms with Gasteiger partial charge in [0.15, 0.2) is 0 Å². The molecule has 23 heavy (non-hydrogen) atoms. The molecular weight excluding hydrogens is 314 g/mol. The van der Waals surface area contributed by atoms with E-state index in [1.165, 1.54) is 0 Å². The number of nitrogens with zero attached hydrogens (tertiary/aromatic N) is 1. The summed E-state index contributed by atoms with van der Waals surface area (Å²) in [7, 11) is 0. The maximum Gasteiger partial charge on any atom is 0.319 e. The van der Waals surface area contributed by atoms with Gasteiger partial charge in [0, 0.05) is 29.4 Å². The SMILES string of the molecule is O=C(Nc1ccccc1)NC1CC(=O)N(c2ccc(Cl)cc2)C1. The molecule has 0 bridgehead atoms. The topological polar surface area (TPSA) is 61.4 Å². The van der Waals surface area contributed by atoms with Gasteiger partial charge in [-0.3, -0.25) is 4.79 Å². The molecule has 0 saturated carbocycles. The largest absolute Gasteiger partial charge is 0.333 e. The predicted octanol–water partition coefficient (Wildman–Crippen LogP) is 3.27. The van der Waals surface area contributed by atoms with Crippen molar-refractivity contribution in [3.05, 3.63) is 59.6 Å². The molecule has 0 aliphatic carbocycles. The average Bonchev–Trinajstić information content (AvgIpc) is 2.89. The molecule has 1 aliphatic heterocycles. The number of para-hydroxylation sites is 1. The van der Waals surface area contributed by atoms with Gasteiger partial charge in [-0.1, -0.05) is 29.8 Å². The third kappa shape index (κ3) is 3.81. The lowest BCUT2D eigenvalue weighted by Crippen LogP contribution is -2.39. The molecule has 5 nitrogen and oxygen atoms in total. The van der Waals surface area contributed by atoms with E-state index in [2.05, 4.69) is 10.6 Å². The Hall–Kier alpha value is -2.53. The maximum atomic E-state index is 12.1. The number of hydrogen-bond donors (Lipinski definition) is 2. The van der Waals surface area contributed by atoms with E-state index >= 15 is 0 Å². The van der Waals surface area contributed by atoms with E-state index in [0.717, 1.165) is 5.69 Å². The molecular formula is C17H16ClN3O2. The summed E-state index contributed by atoms with van der Waals surface area (Å²) in [5.41, 5.74) is 1.50. The van der Waals surface area contributed by atoms with Crippen LogP contribution in [0.1, 0.15) is 6.42 Å². The number of urea groups is 1. The van der Waals surface area contributed by atoms with Gasteiger partial charge >= 0.3 is 6.03 Å². The average molecular weight is 330 g/mol. The molecule has 0 radical (unpaired) electrons. The van der Waals surface area contributed by atoms with E-state index in [0.29, 0.717) is 17.3 Å². The molecule has 1 aliphatic rings. The number of carbonyl (C=O) groups is 2. The number of nitrogens with one attached hydrogen (secondary N) is 2. The fourth-order valence-corrected chi connectivity index (χ4v) is 2.67. The van der Waals surface area contributed by atoms with Crippen molar-refractivity contribution in [1.29, 1.82) is 0 Å². The number of hydrogen-bond acceptors (Lipinski definition) is 2. The summed E-state index contributed by atoms with van der Waals surface area (Å²) in [5.74, 6) is -0.0164. The van der Waals surface area contributed by atoms with Crippen LogP contribution in [0.25, 0.3) is 0 Å². The van der Waals surface area contributed by atoms with Gasteiger partial charge in [0.1, 0.15) is 0 Å². The van der Waals surface area contributed by atoms with E-state index < -0.39 is 0 Å². The molecule has 3 rings (SSSR count). The first kappa shape index (κ1) is 15.4. The standard InChI is InChI=1S/C17H16ClN3O2/c18-12-6-8-15(9-7-12)21-11-14(10-16(21)22)20-17(23)19-13-4-2-1-3-5-13/h1-9,14H,10-11H2,(H2,19,20,23). The summed E-state index contributed by atoms with van der Waals surface area (Å²) >= 11 is 5.86. The Bertz CT molecular complexity index is 704. The third-order valence-corrected chi connectivity index (χ3v) is 3.88. The highest BCUT2D eigenvalue weighted by Crippen LogP contribution is 2.23. The van der Waals surface area contributed by atoms with Crippen molar-refractivity contribution >= 4 is 34.9 Å². The predicted molar refractivity (Wildman–Crippen MR) is 90.8 cm³/mol. The molecule has 0 aromatic heterocycles. The first-order valence-corrected chi connectivity index (χ1v) is 7.68. The molecule has 2 N–H and O–H groups in total. The Morgan fingerprint density at radius 1 is 1.09 bits per heavy atom. The number of rotatable bonds is 3. The lowest BCUT2D eigenvalue weighted by Gasteiger charge is -2.17. The fraction of sp³-hybridized carbons (Fsp3) is 0.176. The zero-order chi connectivity index (χ0) is 16.2. The van der Waals surface area contributed by atoms with Crippen molar-refractivity contribution in [2.24, 2.45) is 0 Å². The number of halogens is 1. The maximum absolute atomic E-state index is 12.1. The second kappa shape index (κ2) is 6.71. The molecule has 1 saturated heterocycles. The number of carbonyl (C=O) groups excluding carboxylic acids is 2. The van der Waals surface area contributed by atoms with Gasteiger partial charge < -0.3 is 15.5 Å². The van der Waals surface area contributed by atoms with Crippen molar-refractivity contribution in [3.8, 4) is 0 Å². The Morgan fingerprint density at radius 3 is 2.48 bits per heavy atom. The Balaban J connectivity index is 1.59. The van der Waals surface area contributed by atoms with E-state index in [1.807, 2.05) is 18.2 Å². The molecule has 118 valence electrons. The van der Waals surface area contributed by atoms with Gasteiger partial charge in [-0.25, -0.2) is 4.79 Å². The zero-order valence-corrected chi connectivity index (χ0v) is 13.1. The molecule has 2 aromatic carbocycles. The Labute approximate surface area is 139 Å². The van der Waals surface area contributed by atoms with Crippen LogP contribution < -0.4 is 15.5 Å². The highest BCUT2D eigenvalue weighted by atomic mass is 35.5. The van der Waals surface area contributed by atoms with Crippen LogP contribution in [0.3, 0.4) is 0 Å². The van der Waals surface area contributed by atoms with Crippen molar-refractivity contribution in [2.75, 3.05) is 16.8 Å².